The molecule has 0 aliphatic carbocycles. The van der Waals surface area contributed by atoms with Crippen LogP contribution in [0.1, 0.15) is 42.8 Å². The van der Waals surface area contributed by atoms with Crippen LogP contribution in [0.25, 0.3) is 0 Å². The molecule has 0 radical (unpaired) electrons. The monoisotopic (exact) mass is 255 g/mol. The van der Waals surface area contributed by atoms with Crippen LogP contribution in [0.3, 0.4) is 0 Å². The lowest BCUT2D eigenvalue weighted by atomic mass is 10.1. The average Bonchev–Trinajstić information content (AvgIpc) is 2.87. The maximum atomic E-state index is 11.6. The van der Waals surface area contributed by atoms with Crippen molar-refractivity contribution in [2.24, 2.45) is 0 Å². The largest absolute Gasteiger partial charge is 0.467 e. The summed E-state index contributed by atoms with van der Waals surface area (Å²) in [6, 6.07) is -0.555. The molecule has 0 bridgehead atoms. The fraction of sp³-hybridized carbons (Fsp3) is 0.636. The van der Waals surface area contributed by atoms with Gasteiger partial charge in [0.2, 0.25) is 0 Å². The highest BCUT2D eigenvalue weighted by Gasteiger charge is 2.23. The summed E-state index contributed by atoms with van der Waals surface area (Å²) in [5, 5.41) is 3.93. The Balaban J connectivity index is 2.87. The van der Waals surface area contributed by atoms with E-state index < -0.39 is 18.0 Å². The third-order valence-electron chi connectivity index (χ3n) is 2.50. The summed E-state index contributed by atoms with van der Waals surface area (Å²) in [7, 11) is 2.57. The van der Waals surface area contributed by atoms with Crippen molar-refractivity contribution >= 4 is 11.9 Å². The van der Waals surface area contributed by atoms with Gasteiger partial charge in [0.25, 0.3) is 5.82 Å². The van der Waals surface area contributed by atoms with E-state index in [0.29, 0.717) is 6.42 Å². The van der Waals surface area contributed by atoms with Crippen molar-refractivity contribution in [3.8, 4) is 0 Å². The van der Waals surface area contributed by atoms with Gasteiger partial charge in [-0.15, -0.1) is 5.10 Å². The van der Waals surface area contributed by atoms with Gasteiger partial charge in [0.15, 0.2) is 6.04 Å². The molecule has 1 heterocycles. The Labute approximate surface area is 105 Å². The molecule has 0 spiro atoms. The second-order valence-corrected chi connectivity index (χ2v) is 3.72. The van der Waals surface area contributed by atoms with Gasteiger partial charge in [0.05, 0.1) is 14.2 Å². The van der Waals surface area contributed by atoms with Crippen molar-refractivity contribution in [2.75, 3.05) is 14.2 Å². The van der Waals surface area contributed by atoms with E-state index in [1.165, 1.54) is 25.2 Å². The summed E-state index contributed by atoms with van der Waals surface area (Å²) in [6.07, 6.45) is 3.73. The molecule has 0 aliphatic heterocycles. The number of aromatic nitrogens is 3. The number of hydrogen-bond donors (Lipinski definition) is 0. The molecule has 0 saturated heterocycles. The molecule has 0 fully saturated rings. The molecule has 0 aromatic carbocycles. The highest BCUT2D eigenvalue weighted by atomic mass is 16.5. The minimum atomic E-state index is -0.632. The molecule has 1 aromatic heterocycles. The number of nitrogens with zero attached hydrogens (tertiary/aromatic N) is 3. The lowest BCUT2D eigenvalue weighted by molar-refractivity contribution is -0.145. The highest BCUT2D eigenvalue weighted by Crippen LogP contribution is 2.15. The molecular weight excluding hydrogens is 238 g/mol. The molecule has 1 unspecified atom stereocenters. The lowest BCUT2D eigenvalue weighted by Crippen LogP contribution is -2.22. The number of unbranched alkanes of at least 4 members (excludes halogenated alkanes) is 1. The normalized spacial score (nSPS) is 11.9. The van der Waals surface area contributed by atoms with Gasteiger partial charge in [-0.05, 0) is 6.42 Å². The van der Waals surface area contributed by atoms with E-state index in [1.807, 2.05) is 6.92 Å². The van der Waals surface area contributed by atoms with Crippen LogP contribution in [0.5, 0.6) is 0 Å². The zero-order chi connectivity index (χ0) is 13.5. The number of rotatable bonds is 6. The quantitative estimate of drug-likeness (QED) is 0.704. The predicted molar refractivity (Wildman–Crippen MR) is 61.9 cm³/mol. The van der Waals surface area contributed by atoms with Crippen LogP contribution in [0.2, 0.25) is 0 Å². The van der Waals surface area contributed by atoms with E-state index in [9.17, 15) is 9.59 Å². The molecule has 7 heteroatoms. The van der Waals surface area contributed by atoms with E-state index >= 15 is 0 Å². The topological polar surface area (TPSA) is 83.3 Å². The summed E-state index contributed by atoms with van der Waals surface area (Å²) in [6.45, 7) is 2.02. The van der Waals surface area contributed by atoms with Crippen LogP contribution in [0.15, 0.2) is 6.33 Å². The molecule has 0 aliphatic rings. The van der Waals surface area contributed by atoms with Gasteiger partial charge >= 0.3 is 11.9 Å². The Kier molecular flexibility index (Phi) is 5.29. The van der Waals surface area contributed by atoms with E-state index in [2.05, 4.69) is 14.8 Å². The van der Waals surface area contributed by atoms with Gasteiger partial charge in [-0.1, -0.05) is 19.8 Å². The van der Waals surface area contributed by atoms with E-state index in [0.717, 1.165) is 12.8 Å². The summed E-state index contributed by atoms with van der Waals surface area (Å²) in [5.41, 5.74) is 0. The minimum absolute atomic E-state index is 0.0668. The van der Waals surface area contributed by atoms with Gasteiger partial charge < -0.3 is 9.47 Å². The van der Waals surface area contributed by atoms with Crippen LogP contribution in [-0.2, 0) is 14.3 Å². The van der Waals surface area contributed by atoms with Gasteiger partial charge in [-0.2, -0.15) is 0 Å². The molecule has 7 nitrogen and oxygen atoms in total. The zero-order valence-corrected chi connectivity index (χ0v) is 10.8. The summed E-state index contributed by atoms with van der Waals surface area (Å²) >= 11 is 0. The Morgan fingerprint density at radius 1 is 1.39 bits per heavy atom. The number of methoxy groups -OCH3 is 2. The standard InChI is InChI=1S/C11H17N3O4/c1-4-5-6-8(10(15)17-2)14-7-12-9(13-14)11(16)18-3/h7-8H,4-6H2,1-3H3. The zero-order valence-electron chi connectivity index (χ0n) is 10.8. The van der Waals surface area contributed by atoms with Gasteiger partial charge in [-0.3, -0.25) is 0 Å². The van der Waals surface area contributed by atoms with Crippen molar-refractivity contribution in [1.82, 2.24) is 14.8 Å². The second-order valence-electron chi connectivity index (χ2n) is 3.72. The molecular formula is C11H17N3O4. The molecule has 100 valence electrons. The fourth-order valence-corrected chi connectivity index (χ4v) is 1.50. The van der Waals surface area contributed by atoms with Gasteiger partial charge in [0.1, 0.15) is 6.33 Å². The van der Waals surface area contributed by atoms with Gasteiger partial charge in [-0.25, -0.2) is 19.3 Å². The van der Waals surface area contributed by atoms with Crippen molar-refractivity contribution in [2.45, 2.75) is 32.2 Å². The van der Waals surface area contributed by atoms with Crippen LogP contribution in [-0.4, -0.2) is 40.9 Å². The summed E-state index contributed by atoms with van der Waals surface area (Å²) < 4.78 is 10.6. The van der Waals surface area contributed by atoms with Crippen LogP contribution in [0.4, 0.5) is 0 Å². The maximum Gasteiger partial charge on any atom is 0.377 e. The molecule has 1 aromatic rings. The van der Waals surface area contributed by atoms with Crippen LogP contribution >= 0.6 is 0 Å². The van der Waals surface area contributed by atoms with Gasteiger partial charge in [0, 0.05) is 0 Å². The molecule has 1 atom stereocenters. The molecule has 0 amide bonds. The third-order valence-corrected chi connectivity index (χ3v) is 2.50. The van der Waals surface area contributed by atoms with E-state index in [4.69, 9.17) is 4.74 Å². The Morgan fingerprint density at radius 2 is 2.11 bits per heavy atom. The van der Waals surface area contributed by atoms with Crippen molar-refractivity contribution in [3.05, 3.63) is 12.2 Å². The maximum absolute atomic E-state index is 11.6. The molecule has 1 rings (SSSR count). The second kappa shape index (κ2) is 6.73. The summed E-state index contributed by atoms with van der Waals surface area (Å²) in [5.74, 6) is -1.10. The van der Waals surface area contributed by atoms with E-state index in [1.54, 1.807) is 0 Å². The van der Waals surface area contributed by atoms with Crippen molar-refractivity contribution in [3.63, 3.8) is 0 Å². The Bertz CT molecular complexity index is 416. The number of carbonyl (C=O) groups excluding carboxylic acids is 2. The lowest BCUT2D eigenvalue weighted by Gasteiger charge is -2.13. The Morgan fingerprint density at radius 3 is 2.67 bits per heavy atom. The minimum Gasteiger partial charge on any atom is -0.467 e. The smallest absolute Gasteiger partial charge is 0.377 e. The van der Waals surface area contributed by atoms with Crippen molar-refractivity contribution in [1.29, 1.82) is 0 Å². The third kappa shape index (κ3) is 3.28. The van der Waals surface area contributed by atoms with Crippen LogP contribution < -0.4 is 0 Å². The first kappa shape index (κ1) is 14.1. The molecule has 18 heavy (non-hydrogen) atoms. The first-order chi connectivity index (χ1) is 8.63. The van der Waals surface area contributed by atoms with Crippen molar-refractivity contribution < 1.29 is 19.1 Å². The predicted octanol–water partition coefficient (Wildman–Crippen LogP) is 0.969. The first-order valence-electron chi connectivity index (χ1n) is 5.71. The molecule has 0 saturated carbocycles. The number of hydrogen-bond acceptors (Lipinski definition) is 6. The fourth-order valence-electron chi connectivity index (χ4n) is 1.50. The molecule has 0 N–H and O–H groups in total. The average molecular weight is 255 g/mol. The SMILES string of the molecule is CCCCC(C(=O)OC)n1cnc(C(=O)OC)n1. The van der Waals surface area contributed by atoms with E-state index in [-0.39, 0.29) is 5.82 Å². The van der Waals surface area contributed by atoms with Crippen LogP contribution in [0, 0.1) is 0 Å². The Hall–Kier alpha value is -1.92. The number of carbonyl (C=O) groups is 2. The highest BCUT2D eigenvalue weighted by molar-refractivity contribution is 5.84. The summed E-state index contributed by atoms with van der Waals surface area (Å²) in [4.78, 5) is 26.7. The first-order valence-corrected chi connectivity index (χ1v) is 5.71. The number of ether oxygens (including phenoxy) is 2. The number of esters is 2.